The second-order valence-electron chi connectivity index (χ2n) is 7.72. The predicted octanol–water partition coefficient (Wildman–Crippen LogP) is 4.37. The Kier molecular flexibility index (Phi) is 5.58. The van der Waals surface area contributed by atoms with Gasteiger partial charge in [0.2, 0.25) is 0 Å². The number of carbonyl (C=O) groups excluding carboxylic acids is 2. The Balaban J connectivity index is 1.54. The molecule has 3 aromatic rings. The van der Waals surface area contributed by atoms with Gasteiger partial charge in [0, 0.05) is 48.5 Å². The minimum Gasteiger partial charge on any atom is -0.397 e. The van der Waals surface area contributed by atoms with Crippen LogP contribution in [0, 0.1) is 6.92 Å². The van der Waals surface area contributed by atoms with Crippen molar-refractivity contribution in [1.82, 2.24) is 9.88 Å². The van der Waals surface area contributed by atoms with Crippen LogP contribution in [0.15, 0.2) is 30.3 Å². The molecule has 1 aromatic carbocycles. The van der Waals surface area contributed by atoms with E-state index in [-0.39, 0.29) is 38.2 Å². The number of fused-ring (bicyclic) bond motifs is 1. The first kappa shape index (κ1) is 22.1. The van der Waals surface area contributed by atoms with Crippen LogP contribution in [0.3, 0.4) is 0 Å². The Morgan fingerprint density at radius 3 is 2.28 bits per heavy atom. The highest BCUT2D eigenvalue weighted by Crippen LogP contribution is 2.42. The van der Waals surface area contributed by atoms with E-state index >= 15 is 0 Å². The number of benzene rings is 1. The maximum Gasteiger partial charge on any atom is 0.417 e. The van der Waals surface area contributed by atoms with Gasteiger partial charge in [-0.15, -0.1) is 11.3 Å². The highest BCUT2D eigenvalue weighted by Gasteiger charge is 2.36. The highest BCUT2D eigenvalue weighted by atomic mass is 32.1. The molecule has 1 amide bonds. The molecule has 10 heteroatoms. The zero-order chi connectivity index (χ0) is 23.2. The first-order chi connectivity index (χ1) is 15.1. The summed E-state index contributed by atoms with van der Waals surface area (Å²) in [7, 11) is 0. The zero-order valence-corrected chi connectivity index (χ0v) is 18.3. The van der Waals surface area contributed by atoms with E-state index < -0.39 is 11.7 Å². The summed E-state index contributed by atoms with van der Waals surface area (Å²) in [5.74, 6) is -0.394. The number of nitrogens with two attached hydrogens (primary N) is 1. The fraction of sp³-hybridized carbons (Fsp3) is 0.318. The molecule has 1 saturated heterocycles. The third-order valence-electron chi connectivity index (χ3n) is 5.53. The molecule has 2 aromatic heterocycles. The molecule has 0 bridgehead atoms. The van der Waals surface area contributed by atoms with Gasteiger partial charge in [0.25, 0.3) is 5.91 Å². The van der Waals surface area contributed by atoms with Crippen molar-refractivity contribution >= 4 is 44.6 Å². The number of alkyl halides is 3. The number of pyridine rings is 1. The lowest BCUT2D eigenvalue weighted by molar-refractivity contribution is -0.136. The van der Waals surface area contributed by atoms with Crippen LogP contribution in [0.4, 0.5) is 24.5 Å². The van der Waals surface area contributed by atoms with Crippen molar-refractivity contribution in [2.24, 2.45) is 0 Å². The van der Waals surface area contributed by atoms with E-state index in [1.165, 1.54) is 13.8 Å². The summed E-state index contributed by atoms with van der Waals surface area (Å²) >= 11 is 0.899. The van der Waals surface area contributed by atoms with Crippen molar-refractivity contribution in [2.75, 3.05) is 36.8 Å². The smallest absolute Gasteiger partial charge is 0.397 e. The highest BCUT2D eigenvalue weighted by molar-refractivity contribution is 7.21. The molecule has 1 aliphatic rings. The summed E-state index contributed by atoms with van der Waals surface area (Å²) in [6, 6.07) is 8.21. The second kappa shape index (κ2) is 8.09. The molecule has 0 aliphatic carbocycles. The van der Waals surface area contributed by atoms with Gasteiger partial charge < -0.3 is 15.5 Å². The molecule has 1 aliphatic heterocycles. The van der Waals surface area contributed by atoms with Crippen LogP contribution >= 0.6 is 11.3 Å². The third kappa shape index (κ3) is 4.02. The molecule has 0 unspecified atom stereocenters. The Bertz CT molecular complexity index is 1200. The number of rotatable bonds is 3. The maximum absolute atomic E-state index is 13.5. The van der Waals surface area contributed by atoms with Gasteiger partial charge >= 0.3 is 6.18 Å². The molecule has 32 heavy (non-hydrogen) atoms. The predicted molar refractivity (Wildman–Crippen MR) is 118 cm³/mol. The first-order valence-corrected chi connectivity index (χ1v) is 10.8. The molecule has 0 radical (unpaired) electrons. The van der Waals surface area contributed by atoms with Gasteiger partial charge in [0.15, 0.2) is 5.78 Å². The summed E-state index contributed by atoms with van der Waals surface area (Å²) < 4.78 is 40.6. The second-order valence-corrected chi connectivity index (χ2v) is 8.72. The fourth-order valence-corrected chi connectivity index (χ4v) is 4.98. The SMILES string of the molecule is CC(=O)c1ccc(N2CCN(C(=O)c3sc4nc(C)cc(C(F)(F)F)c4c3N)CC2)cc1. The average Bonchev–Trinajstić information content (AvgIpc) is 3.08. The van der Waals surface area contributed by atoms with Gasteiger partial charge in [-0.3, -0.25) is 9.59 Å². The van der Waals surface area contributed by atoms with E-state index in [0.717, 1.165) is 23.1 Å². The number of ketones is 1. The van der Waals surface area contributed by atoms with Crippen LogP contribution in [0.5, 0.6) is 0 Å². The summed E-state index contributed by atoms with van der Waals surface area (Å²) in [6.45, 7) is 4.91. The normalized spacial score (nSPS) is 14.8. The number of amides is 1. The van der Waals surface area contributed by atoms with Crippen molar-refractivity contribution in [3.63, 3.8) is 0 Å². The van der Waals surface area contributed by atoms with Crippen LogP contribution in [0.1, 0.15) is 38.2 Å². The van der Waals surface area contributed by atoms with E-state index in [1.54, 1.807) is 17.0 Å². The molecule has 168 valence electrons. The average molecular weight is 462 g/mol. The summed E-state index contributed by atoms with van der Waals surface area (Å²) in [5.41, 5.74) is 6.79. The van der Waals surface area contributed by atoms with E-state index in [0.29, 0.717) is 31.7 Å². The molecule has 0 atom stereocenters. The van der Waals surface area contributed by atoms with Crippen molar-refractivity contribution in [2.45, 2.75) is 20.0 Å². The molecule has 0 spiro atoms. The van der Waals surface area contributed by atoms with E-state index in [2.05, 4.69) is 9.88 Å². The van der Waals surface area contributed by atoms with Gasteiger partial charge in [-0.25, -0.2) is 4.98 Å². The number of aryl methyl sites for hydroxylation is 1. The van der Waals surface area contributed by atoms with Crippen LogP contribution in [0.25, 0.3) is 10.2 Å². The quantitative estimate of drug-likeness (QED) is 0.585. The van der Waals surface area contributed by atoms with Gasteiger partial charge in [-0.05, 0) is 44.2 Å². The Hall–Kier alpha value is -3.14. The van der Waals surface area contributed by atoms with Crippen LogP contribution < -0.4 is 10.6 Å². The number of halogens is 3. The monoisotopic (exact) mass is 462 g/mol. The number of hydrogen-bond donors (Lipinski definition) is 1. The number of hydrogen-bond acceptors (Lipinski definition) is 6. The van der Waals surface area contributed by atoms with Crippen molar-refractivity contribution < 1.29 is 22.8 Å². The lowest BCUT2D eigenvalue weighted by atomic mass is 10.1. The van der Waals surface area contributed by atoms with Gasteiger partial charge in [-0.1, -0.05) is 0 Å². The number of nitrogen functional groups attached to an aromatic ring is 1. The largest absolute Gasteiger partial charge is 0.417 e. The van der Waals surface area contributed by atoms with E-state index in [4.69, 9.17) is 5.73 Å². The van der Waals surface area contributed by atoms with E-state index in [9.17, 15) is 22.8 Å². The van der Waals surface area contributed by atoms with Gasteiger partial charge in [0.05, 0.1) is 11.3 Å². The number of thiophene rings is 1. The Labute approximate surface area is 186 Å². The molecule has 4 rings (SSSR count). The number of nitrogens with zero attached hydrogens (tertiary/aromatic N) is 3. The minimum atomic E-state index is -4.59. The summed E-state index contributed by atoms with van der Waals surface area (Å²) in [5, 5.41) is -0.208. The minimum absolute atomic E-state index is 0.00810. The number of carbonyl (C=O) groups is 2. The lowest BCUT2D eigenvalue weighted by Crippen LogP contribution is -2.48. The molecule has 0 saturated carbocycles. The van der Waals surface area contributed by atoms with Crippen molar-refractivity contribution in [3.05, 3.63) is 52.0 Å². The molecular formula is C22H21F3N4O2S. The fourth-order valence-electron chi connectivity index (χ4n) is 3.84. The zero-order valence-electron chi connectivity index (χ0n) is 17.5. The number of Topliss-reactive ketones (excluding diaryl/α,β-unsaturated/α-hetero) is 1. The number of aromatic nitrogens is 1. The van der Waals surface area contributed by atoms with Gasteiger partial charge in [-0.2, -0.15) is 13.2 Å². The molecular weight excluding hydrogens is 441 g/mol. The van der Waals surface area contributed by atoms with Crippen LogP contribution in [0.2, 0.25) is 0 Å². The third-order valence-corrected chi connectivity index (χ3v) is 6.62. The van der Waals surface area contributed by atoms with E-state index in [1.807, 2.05) is 12.1 Å². The van der Waals surface area contributed by atoms with Crippen molar-refractivity contribution in [3.8, 4) is 0 Å². The van der Waals surface area contributed by atoms with Crippen LogP contribution in [-0.4, -0.2) is 47.8 Å². The lowest BCUT2D eigenvalue weighted by Gasteiger charge is -2.36. The van der Waals surface area contributed by atoms with Crippen LogP contribution in [-0.2, 0) is 6.18 Å². The molecule has 1 fully saturated rings. The topological polar surface area (TPSA) is 79.5 Å². The van der Waals surface area contributed by atoms with Crippen molar-refractivity contribution in [1.29, 1.82) is 0 Å². The Morgan fingerprint density at radius 1 is 1.09 bits per heavy atom. The molecule has 3 heterocycles. The molecule has 6 nitrogen and oxygen atoms in total. The summed E-state index contributed by atoms with van der Waals surface area (Å²) in [4.78, 5) is 32.6. The van der Waals surface area contributed by atoms with Gasteiger partial charge in [0.1, 0.15) is 9.71 Å². The standard InChI is InChI=1S/C22H21F3N4O2S/c1-12-11-16(22(23,24)25)17-18(26)19(32-20(17)27-12)21(31)29-9-7-28(8-10-29)15-5-3-14(4-6-15)13(2)30/h3-6,11H,7-10,26H2,1-2H3. The summed E-state index contributed by atoms with van der Waals surface area (Å²) in [6.07, 6.45) is -4.59. The first-order valence-electron chi connectivity index (χ1n) is 9.98. The molecule has 2 N–H and O–H groups in total. The maximum atomic E-state index is 13.5. The number of anilines is 2. The Morgan fingerprint density at radius 2 is 1.72 bits per heavy atom. The number of piperazine rings is 1.